The van der Waals surface area contributed by atoms with E-state index in [2.05, 4.69) is 9.84 Å². The molecule has 1 aromatic rings. The highest BCUT2D eigenvalue weighted by atomic mass is 16.6. The number of hydrogen-bond acceptors (Lipinski definition) is 8. The van der Waals surface area contributed by atoms with Crippen LogP contribution in [0.2, 0.25) is 0 Å². The Morgan fingerprint density at radius 2 is 2.18 bits per heavy atom. The summed E-state index contributed by atoms with van der Waals surface area (Å²) in [5.41, 5.74) is 0. The van der Waals surface area contributed by atoms with Crippen LogP contribution in [0.5, 0.6) is 0 Å². The molecule has 0 bridgehead atoms. The molecule has 0 aliphatic heterocycles. The number of nitrogens with zero attached hydrogens (tertiary/aromatic N) is 3. The van der Waals surface area contributed by atoms with Gasteiger partial charge in [-0.3, -0.25) is 25.0 Å². The molecule has 1 aromatic heterocycles. The average Bonchev–Trinajstić information content (AvgIpc) is 2.91. The molecule has 0 fully saturated rings. The maximum Gasteiger partial charge on any atom is 0.433 e. The number of carbonyl (C=O) groups excluding carboxylic acids is 3. The van der Waals surface area contributed by atoms with Crippen molar-refractivity contribution in [3.63, 3.8) is 0 Å². The summed E-state index contributed by atoms with van der Waals surface area (Å²) in [5.74, 6) is -1.95. The van der Waals surface area contributed by atoms with Gasteiger partial charge in [-0.2, -0.15) is 5.10 Å². The van der Waals surface area contributed by atoms with Crippen molar-refractivity contribution >= 4 is 30.0 Å². The van der Waals surface area contributed by atoms with E-state index in [4.69, 9.17) is 4.42 Å². The van der Waals surface area contributed by atoms with Gasteiger partial charge in [-0.25, -0.2) is 9.80 Å². The monoisotopic (exact) mass is 312 g/mol. The van der Waals surface area contributed by atoms with E-state index in [1.54, 1.807) is 0 Å². The largest absolute Gasteiger partial charge is 0.468 e. The van der Waals surface area contributed by atoms with E-state index in [9.17, 15) is 24.5 Å². The Balaban J connectivity index is 2.87. The Labute approximate surface area is 123 Å². The number of hydrogen-bond donors (Lipinski definition) is 1. The number of carbonyl (C=O) groups is 3. The number of nitro groups is 1. The third kappa shape index (κ3) is 5.03. The quantitative estimate of drug-likeness (QED) is 0.355. The van der Waals surface area contributed by atoms with Crippen LogP contribution in [0.25, 0.3) is 0 Å². The number of methoxy groups -OCH3 is 1. The minimum absolute atomic E-state index is 0.0165. The number of urea groups is 1. The van der Waals surface area contributed by atoms with Crippen molar-refractivity contribution < 1.29 is 28.5 Å². The van der Waals surface area contributed by atoms with Gasteiger partial charge in [0, 0.05) is 6.92 Å². The molecule has 0 aliphatic carbocycles. The van der Waals surface area contributed by atoms with Gasteiger partial charge in [0.15, 0.2) is 5.76 Å². The maximum absolute atomic E-state index is 11.7. The summed E-state index contributed by atoms with van der Waals surface area (Å²) in [6.07, 6.45) is 0.982. The summed E-state index contributed by atoms with van der Waals surface area (Å²) in [6.45, 7) is 0.544. The highest BCUT2D eigenvalue weighted by Crippen LogP contribution is 2.14. The van der Waals surface area contributed by atoms with Crippen molar-refractivity contribution in [3.05, 3.63) is 28.0 Å². The van der Waals surface area contributed by atoms with Crippen LogP contribution in [0.1, 0.15) is 12.7 Å². The fraction of sp³-hybridized carbons (Fsp3) is 0.273. The van der Waals surface area contributed by atoms with Crippen molar-refractivity contribution in [3.8, 4) is 0 Å². The summed E-state index contributed by atoms with van der Waals surface area (Å²) in [6, 6.07) is 1.39. The smallest absolute Gasteiger partial charge is 0.433 e. The highest BCUT2D eigenvalue weighted by molar-refractivity contribution is 5.94. The molecule has 1 N–H and O–H groups in total. The Kier molecular flexibility index (Phi) is 5.75. The molecule has 3 amide bonds. The molecule has 0 saturated heterocycles. The van der Waals surface area contributed by atoms with Gasteiger partial charge in [-0.05, 0) is 6.07 Å². The SMILES string of the molecule is COC(=O)CN(/N=C/c1ccc([N+](=O)[O-])o1)C(=O)NC(C)=O. The zero-order valence-electron chi connectivity index (χ0n) is 11.6. The standard InChI is InChI=1S/C11H12N4O7/c1-7(16)13-11(18)14(6-10(17)21-2)12-5-8-3-4-9(22-8)15(19)20/h3-5H,6H2,1-2H3,(H,13,16,18)/b12-5+. The summed E-state index contributed by atoms with van der Waals surface area (Å²) in [4.78, 5) is 43.4. The van der Waals surface area contributed by atoms with Crippen molar-refractivity contribution in [2.24, 2.45) is 5.10 Å². The number of rotatable bonds is 5. The Hall–Kier alpha value is -3.24. The maximum atomic E-state index is 11.7. The van der Waals surface area contributed by atoms with E-state index in [1.165, 1.54) is 6.07 Å². The van der Waals surface area contributed by atoms with Crippen LogP contribution in [-0.4, -0.2) is 47.7 Å². The van der Waals surface area contributed by atoms with E-state index < -0.39 is 35.3 Å². The van der Waals surface area contributed by atoms with Crippen LogP contribution >= 0.6 is 0 Å². The van der Waals surface area contributed by atoms with Gasteiger partial charge >= 0.3 is 17.9 Å². The number of furan rings is 1. The lowest BCUT2D eigenvalue weighted by Gasteiger charge is -2.14. The van der Waals surface area contributed by atoms with Gasteiger partial charge in [0.25, 0.3) is 0 Å². The van der Waals surface area contributed by atoms with Gasteiger partial charge in [-0.15, -0.1) is 0 Å². The van der Waals surface area contributed by atoms with Gasteiger partial charge in [0.2, 0.25) is 5.91 Å². The molecule has 0 aliphatic rings. The summed E-state index contributed by atoms with van der Waals surface area (Å²) in [5, 5.41) is 16.6. The molecule has 11 heteroatoms. The van der Waals surface area contributed by atoms with Crippen molar-refractivity contribution in [2.75, 3.05) is 13.7 Å². The lowest BCUT2D eigenvalue weighted by Crippen LogP contribution is -2.41. The predicted octanol–water partition coefficient (Wildman–Crippen LogP) is 0.253. The second-order valence-electron chi connectivity index (χ2n) is 3.80. The highest BCUT2D eigenvalue weighted by Gasteiger charge is 2.18. The van der Waals surface area contributed by atoms with Crippen LogP contribution in [-0.2, 0) is 14.3 Å². The fourth-order valence-electron chi connectivity index (χ4n) is 1.20. The summed E-state index contributed by atoms with van der Waals surface area (Å²) in [7, 11) is 1.11. The van der Waals surface area contributed by atoms with E-state index in [1.807, 2.05) is 5.32 Å². The number of nitrogens with one attached hydrogen (secondary N) is 1. The summed E-state index contributed by atoms with van der Waals surface area (Å²) < 4.78 is 9.19. The zero-order chi connectivity index (χ0) is 16.7. The minimum Gasteiger partial charge on any atom is -0.468 e. The first-order chi connectivity index (χ1) is 10.3. The number of imide groups is 1. The molecule has 0 unspecified atom stereocenters. The molecular formula is C11H12N4O7. The van der Waals surface area contributed by atoms with Crippen LogP contribution in [0.15, 0.2) is 21.7 Å². The molecule has 0 spiro atoms. The first-order valence-electron chi connectivity index (χ1n) is 5.77. The molecule has 1 rings (SSSR count). The lowest BCUT2D eigenvalue weighted by atomic mass is 10.5. The lowest BCUT2D eigenvalue weighted by molar-refractivity contribution is -0.402. The van der Waals surface area contributed by atoms with E-state index >= 15 is 0 Å². The molecule has 1 heterocycles. The number of amides is 3. The van der Waals surface area contributed by atoms with E-state index in [0.717, 1.165) is 26.3 Å². The molecule has 0 saturated carbocycles. The van der Waals surface area contributed by atoms with Gasteiger partial charge in [0.05, 0.1) is 19.4 Å². The molecule has 0 radical (unpaired) electrons. The second kappa shape index (κ2) is 7.52. The molecule has 11 nitrogen and oxygen atoms in total. The minimum atomic E-state index is -0.963. The number of ether oxygens (including phenoxy) is 1. The van der Waals surface area contributed by atoms with Crippen LogP contribution in [0, 0.1) is 10.1 Å². The van der Waals surface area contributed by atoms with Crippen molar-refractivity contribution in [1.82, 2.24) is 10.3 Å². The number of esters is 1. The normalized spacial score (nSPS) is 10.3. The zero-order valence-corrected chi connectivity index (χ0v) is 11.6. The van der Waals surface area contributed by atoms with Crippen molar-refractivity contribution in [1.29, 1.82) is 0 Å². The Bertz CT molecular complexity index is 622. The molecule has 0 aromatic carbocycles. The Morgan fingerprint density at radius 3 is 2.68 bits per heavy atom. The average molecular weight is 312 g/mol. The number of hydrazone groups is 1. The third-order valence-corrected chi connectivity index (χ3v) is 2.14. The first-order valence-corrected chi connectivity index (χ1v) is 5.77. The van der Waals surface area contributed by atoms with E-state index in [-0.39, 0.29) is 5.76 Å². The van der Waals surface area contributed by atoms with Gasteiger partial charge in [0.1, 0.15) is 11.5 Å². The topological polar surface area (TPSA) is 144 Å². The van der Waals surface area contributed by atoms with Crippen LogP contribution < -0.4 is 5.32 Å². The summed E-state index contributed by atoms with van der Waals surface area (Å²) >= 11 is 0. The van der Waals surface area contributed by atoms with Gasteiger partial charge in [-0.1, -0.05) is 0 Å². The van der Waals surface area contributed by atoms with Crippen molar-refractivity contribution in [2.45, 2.75) is 6.92 Å². The molecule has 22 heavy (non-hydrogen) atoms. The fourth-order valence-corrected chi connectivity index (χ4v) is 1.20. The first kappa shape index (κ1) is 16.8. The third-order valence-electron chi connectivity index (χ3n) is 2.14. The predicted molar refractivity (Wildman–Crippen MR) is 70.9 cm³/mol. The Morgan fingerprint density at radius 1 is 1.50 bits per heavy atom. The van der Waals surface area contributed by atoms with Gasteiger partial charge < -0.3 is 9.15 Å². The van der Waals surface area contributed by atoms with Crippen LogP contribution in [0.3, 0.4) is 0 Å². The van der Waals surface area contributed by atoms with Crippen LogP contribution in [0.4, 0.5) is 10.7 Å². The molecule has 0 atom stereocenters. The second-order valence-corrected chi connectivity index (χ2v) is 3.80. The molecule has 118 valence electrons. The van der Waals surface area contributed by atoms with E-state index in [0.29, 0.717) is 5.01 Å². The molecular weight excluding hydrogens is 300 g/mol.